The molecule has 0 bridgehead atoms. The van der Waals surface area contributed by atoms with Crippen LogP contribution in [0.2, 0.25) is 0 Å². The third-order valence-corrected chi connectivity index (χ3v) is 1.34. The van der Waals surface area contributed by atoms with Crippen LogP contribution in [0.5, 0.6) is 0 Å². The van der Waals surface area contributed by atoms with Crippen LogP contribution in [0.1, 0.15) is 6.42 Å². The van der Waals surface area contributed by atoms with Crippen molar-refractivity contribution in [1.29, 1.82) is 0 Å². The van der Waals surface area contributed by atoms with Gasteiger partial charge in [0.05, 0.1) is 6.42 Å². The highest BCUT2D eigenvalue weighted by atomic mass is 31.2. The molecule has 1 amide bonds. The van der Waals surface area contributed by atoms with Crippen molar-refractivity contribution in [1.82, 2.24) is 0 Å². The van der Waals surface area contributed by atoms with Crippen LogP contribution in [0.15, 0.2) is 0 Å². The van der Waals surface area contributed by atoms with Crippen LogP contribution in [-0.4, -0.2) is 44.1 Å². The van der Waals surface area contributed by atoms with Crippen molar-refractivity contribution in [3.05, 3.63) is 0 Å². The summed E-state index contributed by atoms with van der Waals surface area (Å²) >= 11 is 0. The van der Waals surface area contributed by atoms with Crippen LogP contribution >= 0.6 is 7.82 Å². The second-order valence-electron chi connectivity index (χ2n) is 2.44. The van der Waals surface area contributed by atoms with E-state index in [2.05, 4.69) is 10.3 Å². The molecule has 0 aromatic rings. The summed E-state index contributed by atoms with van der Waals surface area (Å²) in [7, 11) is -4.70. The number of phosphoric ester groups is 1. The molecule has 12 heteroatoms. The van der Waals surface area contributed by atoms with Crippen LogP contribution < -0.4 is 11.5 Å². The predicted octanol–water partition coefficient (Wildman–Crippen LogP) is -1.95. The Kier molecular flexibility index (Phi) is 7.88. The minimum absolute atomic E-state index is 0.532. The van der Waals surface area contributed by atoms with Crippen molar-refractivity contribution < 1.29 is 43.5 Å². The maximum Gasteiger partial charge on any atom is 0.528 e. The van der Waals surface area contributed by atoms with Gasteiger partial charge in [0.25, 0.3) is 0 Å². The molecule has 8 N–H and O–H groups in total. The summed E-state index contributed by atoms with van der Waals surface area (Å²) in [5, 5.41) is 16.0. The van der Waals surface area contributed by atoms with Crippen molar-refractivity contribution in [3.8, 4) is 0 Å². The van der Waals surface area contributed by atoms with E-state index in [0.29, 0.717) is 0 Å². The van der Waals surface area contributed by atoms with Crippen molar-refractivity contribution in [2.45, 2.75) is 12.5 Å². The highest BCUT2D eigenvalue weighted by Crippen LogP contribution is 2.35. The zero-order valence-electron chi connectivity index (χ0n) is 8.22. The Morgan fingerprint density at radius 2 is 1.65 bits per heavy atom. The van der Waals surface area contributed by atoms with Crippen LogP contribution in [0.25, 0.3) is 0 Å². The largest absolute Gasteiger partial charge is 0.528 e. The van der Waals surface area contributed by atoms with Crippen LogP contribution in [-0.2, 0) is 18.7 Å². The lowest BCUT2D eigenvalue weighted by atomic mass is 10.2. The van der Waals surface area contributed by atoms with Crippen LogP contribution in [0.3, 0.4) is 0 Å². The molecule has 0 saturated heterocycles. The van der Waals surface area contributed by atoms with E-state index in [-0.39, 0.29) is 0 Å². The molecule has 0 fully saturated rings. The quantitative estimate of drug-likeness (QED) is 0.311. The van der Waals surface area contributed by atoms with E-state index in [4.69, 9.17) is 25.7 Å². The summed E-state index contributed by atoms with van der Waals surface area (Å²) in [6.07, 6.45) is -2.02. The smallest absolute Gasteiger partial charge is 0.481 e. The van der Waals surface area contributed by atoms with E-state index < -0.39 is 38.3 Å². The number of carbonyl (C=O) groups is 3. The second-order valence-corrected chi connectivity index (χ2v) is 3.61. The summed E-state index contributed by atoms with van der Waals surface area (Å²) in [5.74, 6) is -2.50. The number of nitrogens with two attached hydrogens (primary N) is 2. The number of carboxylic acids is 2. The summed E-state index contributed by atoms with van der Waals surface area (Å²) in [6.45, 7) is 0. The Labute approximate surface area is 94.2 Å². The van der Waals surface area contributed by atoms with Gasteiger partial charge in [0.15, 0.2) is 0 Å². The summed E-state index contributed by atoms with van der Waals surface area (Å²) in [6, 6.07) is -1.29. The van der Waals surface area contributed by atoms with E-state index in [1.807, 2.05) is 0 Å². The Morgan fingerprint density at radius 1 is 1.24 bits per heavy atom. The number of primary amides is 1. The van der Waals surface area contributed by atoms with Crippen LogP contribution in [0.4, 0.5) is 4.79 Å². The minimum Gasteiger partial charge on any atom is -0.481 e. The first kappa shape index (κ1) is 17.7. The lowest BCUT2D eigenvalue weighted by Crippen LogP contribution is -2.32. The summed E-state index contributed by atoms with van der Waals surface area (Å²) in [4.78, 5) is 44.7. The molecule has 11 nitrogen and oxygen atoms in total. The molecule has 0 heterocycles. The van der Waals surface area contributed by atoms with Crippen LogP contribution in [0, 0.1) is 0 Å². The number of carbonyl (C=O) groups excluding carboxylic acids is 1. The van der Waals surface area contributed by atoms with E-state index in [1.54, 1.807) is 0 Å². The highest BCUT2D eigenvalue weighted by Gasteiger charge is 2.17. The molecule has 100 valence electrons. The zero-order chi connectivity index (χ0) is 14.2. The molecule has 0 aliphatic heterocycles. The van der Waals surface area contributed by atoms with Gasteiger partial charge in [-0.3, -0.25) is 19.4 Å². The van der Waals surface area contributed by atoms with Crippen molar-refractivity contribution in [2.75, 3.05) is 0 Å². The lowest BCUT2D eigenvalue weighted by Gasteiger charge is -1.99. The molecule has 0 rings (SSSR count). The van der Waals surface area contributed by atoms with E-state index in [1.165, 1.54) is 0 Å². The number of rotatable bonds is 4. The number of hydrogen-bond donors (Lipinski definition) is 6. The second kappa shape index (κ2) is 7.57. The number of aliphatic carboxylic acids is 2. The van der Waals surface area contributed by atoms with Crippen molar-refractivity contribution in [3.63, 3.8) is 0 Å². The summed E-state index contributed by atoms with van der Waals surface area (Å²) in [5.41, 5.74) is 9.06. The normalized spacial score (nSPS) is 11.7. The van der Waals surface area contributed by atoms with Gasteiger partial charge < -0.3 is 26.2 Å². The van der Waals surface area contributed by atoms with E-state index >= 15 is 0 Å². The molecule has 1 unspecified atom stereocenters. The maximum atomic E-state index is 9.85. The number of amides is 1. The lowest BCUT2D eigenvalue weighted by molar-refractivity contribution is -0.144. The Balaban J connectivity index is 0. The molecular weight excluding hydrogens is 263 g/mol. The Hall–Kier alpha value is -1.68. The molecule has 0 spiro atoms. The van der Waals surface area contributed by atoms with E-state index in [9.17, 15) is 18.9 Å². The van der Waals surface area contributed by atoms with Gasteiger partial charge in [-0.1, -0.05) is 0 Å². The van der Waals surface area contributed by atoms with Gasteiger partial charge in [-0.15, -0.1) is 0 Å². The van der Waals surface area contributed by atoms with Crippen molar-refractivity contribution >= 4 is 25.9 Å². The van der Waals surface area contributed by atoms with Gasteiger partial charge in [-0.05, 0) is 0 Å². The average molecular weight is 274 g/mol. The van der Waals surface area contributed by atoms with E-state index in [0.717, 1.165) is 0 Å². The molecule has 0 saturated carbocycles. The Morgan fingerprint density at radius 3 is 1.71 bits per heavy atom. The van der Waals surface area contributed by atoms with Gasteiger partial charge in [0.2, 0.25) is 0 Å². The van der Waals surface area contributed by atoms with Gasteiger partial charge in [-0.2, -0.15) is 0 Å². The molecule has 1 atom stereocenters. The summed E-state index contributed by atoms with van der Waals surface area (Å²) < 4.78 is 12.9. The fourth-order valence-corrected chi connectivity index (χ4v) is 0.627. The third kappa shape index (κ3) is 17.0. The molecule has 0 aromatic heterocycles. The van der Waals surface area contributed by atoms with Gasteiger partial charge in [-0.25, -0.2) is 9.36 Å². The fraction of sp³-hybridized carbons (Fsp3) is 0.400. The van der Waals surface area contributed by atoms with Gasteiger partial charge in [0.1, 0.15) is 6.04 Å². The highest BCUT2D eigenvalue weighted by molar-refractivity contribution is 7.46. The molecule has 0 aliphatic carbocycles. The zero-order valence-corrected chi connectivity index (χ0v) is 9.11. The first-order valence-corrected chi connectivity index (χ1v) is 5.23. The third-order valence-electron chi connectivity index (χ3n) is 0.921. The SMILES string of the molecule is NC(=O)OP(=O)(O)O.NC(CC(=O)O)C(=O)O. The Bertz CT molecular complexity index is 336. The standard InChI is InChI=1S/C4H7NO4.CH4NO5P/c5-2(4(8)9)1-3(6)7;2-1(3)7-8(4,5)6/h2H,1,5H2,(H,6,7)(H,8,9);(H2,2,3)(H2,4,5,6). The predicted molar refractivity (Wildman–Crippen MR) is 50.6 cm³/mol. The number of phosphoric acid groups is 1. The topological polar surface area (TPSA) is 210 Å². The monoisotopic (exact) mass is 274 g/mol. The average Bonchev–Trinajstić information content (AvgIpc) is 1.98. The maximum absolute atomic E-state index is 9.85. The molecule has 0 aliphatic rings. The first-order chi connectivity index (χ1) is 7.45. The van der Waals surface area contributed by atoms with Gasteiger partial charge >= 0.3 is 25.9 Å². The molecule has 17 heavy (non-hydrogen) atoms. The first-order valence-electron chi connectivity index (χ1n) is 3.70. The number of hydrogen-bond acceptors (Lipinski definition) is 6. The minimum atomic E-state index is -4.70. The molecular formula is C5H11N2O9P. The van der Waals surface area contributed by atoms with Crippen molar-refractivity contribution in [2.24, 2.45) is 11.5 Å². The number of carboxylic acid groups (broad SMARTS) is 2. The molecule has 0 radical (unpaired) electrons. The van der Waals surface area contributed by atoms with Gasteiger partial charge in [0, 0.05) is 0 Å². The molecule has 0 aromatic carbocycles. The fourth-order valence-electron chi connectivity index (χ4n) is 0.393.